The second-order valence-electron chi connectivity index (χ2n) is 5.20. The summed E-state index contributed by atoms with van der Waals surface area (Å²) in [7, 11) is 1.82. The zero-order valence-electron chi connectivity index (χ0n) is 11.4. The van der Waals surface area contributed by atoms with Gasteiger partial charge < -0.3 is 14.5 Å². The van der Waals surface area contributed by atoms with Gasteiger partial charge in [-0.05, 0) is 18.9 Å². The molecular formula is C15H17N3O2. The molecule has 0 aromatic carbocycles. The summed E-state index contributed by atoms with van der Waals surface area (Å²) < 4.78 is 1.51. The van der Waals surface area contributed by atoms with Crippen LogP contribution in [0.5, 0.6) is 0 Å². The summed E-state index contributed by atoms with van der Waals surface area (Å²) in [6.45, 7) is 4.04. The highest BCUT2D eigenvalue weighted by Gasteiger charge is 2.31. The van der Waals surface area contributed by atoms with E-state index in [0.29, 0.717) is 29.1 Å². The lowest BCUT2D eigenvalue weighted by Crippen LogP contribution is -2.31. The van der Waals surface area contributed by atoms with Crippen LogP contribution in [-0.4, -0.2) is 33.4 Å². The normalized spacial score (nSPS) is 14.4. The highest BCUT2D eigenvalue weighted by Crippen LogP contribution is 2.27. The Morgan fingerprint density at radius 2 is 2.35 bits per heavy atom. The second kappa shape index (κ2) is 4.67. The fourth-order valence-electron chi connectivity index (χ4n) is 2.46. The molecule has 1 amide bonds. The zero-order valence-corrected chi connectivity index (χ0v) is 11.4. The molecule has 5 heteroatoms. The van der Waals surface area contributed by atoms with Gasteiger partial charge >= 0.3 is 0 Å². The molecule has 0 bridgehead atoms. The van der Waals surface area contributed by atoms with Gasteiger partial charge in [-0.15, -0.1) is 6.58 Å². The summed E-state index contributed by atoms with van der Waals surface area (Å²) in [5, 5.41) is 0.688. The van der Waals surface area contributed by atoms with E-state index in [1.54, 1.807) is 29.4 Å². The molecule has 1 N–H and O–H groups in total. The van der Waals surface area contributed by atoms with E-state index in [2.05, 4.69) is 11.6 Å². The number of aromatic nitrogens is 2. The van der Waals surface area contributed by atoms with Crippen molar-refractivity contribution in [3.8, 4) is 0 Å². The van der Waals surface area contributed by atoms with Crippen molar-refractivity contribution in [3.63, 3.8) is 0 Å². The molecular weight excluding hydrogens is 254 g/mol. The number of hydrogen-bond acceptors (Lipinski definition) is 2. The van der Waals surface area contributed by atoms with Gasteiger partial charge in [0.1, 0.15) is 5.52 Å². The molecule has 2 aromatic heterocycles. The first-order valence-electron chi connectivity index (χ1n) is 6.72. The monoisotopic (exact) mass is 271 g/mol. The van der Waals surface area contributed by atoms with E-state index in [1.165, 1.54) is 4.57 Å². The van der Waals surface area contributed by atoms with Crippen LogP contribution in [0.15, 0.2) is 35.9 Å². The Hall–Kier alpha value is -2.30. The lowest BCUT2D eigenvalue weighted by Gasteiger charge is -2.17. The first kappa shape index (κ1) is 12.7. The average molecular weight is 271 g/mol. The topological polar surface area (TPSA) is 58.1 Å². The van der Waals surface area contributed by atoms with Crippen molar-refractivity contribution in [2.75, 3.05) is 7.05 Å². The van der Waals surface area contributed by atoms with Gasteiger partial charge in [0, 0.05) is 37.4 Å². The Labute approximate surface area is 116 Å². The van der Waals surface area contributed by atoms with Gasteiger partial charge in [-0.1, -0.05) is 6.08 Å². The summed E-state index contributed by atoms with van der Waals surface area (Å²) in [4.78, 5) is 29.5. The molecule has 1 aliphatic rings. The molecule has 0 radical (unpaired) electrons. The number of hydrogen-bond donors (Lipinski definition) is 1. The number of nitrogens with one attached hydrogen (secondary N) is 1. The maximum atomic E-state index is 12.6. The Morgan fingerprint density at radius 1 is 1.60 bits per heavy atom. The van der Waals surface area contributed by atoms with Gasteiger partial charge in [0.05, 0.1) is 5.56 Å². The number of carbonyl (C=O) groups excluding carboxylic acids is 1. The number of aromatic amines is 1. The van der Waals surface area contributed by atoms with Gasteiger partial charge in [-0.25, -0.2) is 0 Å². The molecule has 2 heterocycles. The minimum Gasteiger partial charge on any atom is -0.357 e. The lowest BCUT2D eigenvalue weighted by molar-refractivity contribution is 0.0786. The van der Waals surface area contributed by atoms with Crippen LogP contribution >= 0.6 is 0 Å². The van der Waals surface area contributed by atoms with E-state index < -0.39 is 0 Å². The number of H-pyrrole nitrogens is 1. The van der Waals surface area contributed by atoms with Crippen molar-refractivity contribution in [2.45, 2.75) is 25.4 Å². The third-order valence-corrected chi connectivity index (χ3v) is 3.77. The number of rotatable bonds is 4. The van der Waals surface area contributed by atoms with Crippen LogP contribution in [0.3, 0.4) is 0 Å². The molecule has 5 nitrogen and oxygen atoms in total. The van der Waals surface area contributed by atoms with Crippen molar-refractivity contribution in [3.05, 3.63) is 47.0 Å². The summed E-state index contributed by atoms with van der Waals surface area (Å²) >= 11 is 0. The van der Waals surface area contributed by atoms with Crippen molar-refractivity contribution in [1.29, 1.82) is 0 Å². The lowest BCUT2D eigenvalue weighted by atomic mass is 10.1. The third kappa shape index (κ3) is 1.95. The molecule has 3 rings (SSSR count). The summed E-state index contributed by atoms with van der Waals surface area (Å²) in [6, 6.07) is 2.12. The fourth-order valence-corrected chi connectivity index (χ4v) is 2.46. The number of carbonyl (C=O) groups is 1. The number of fused-ring (bicyclic) bond motifs is 1. The van der Waals surface area contributed by atoms with Crippen LogP contribution in [0.1, 0.15) is 23.2 Å². The van der Waals surface area contributed by atoms with Crippen LogP contribution < -0.4 is 5.56 Å². The summed E-state index contributed by atoms with van der Waals surface area (Å²) in [5.74, 6) is -0.0325. The number of pyridine rings is 1. The molecule has 1 aliphatic carbocycles. The van der Waals surface area contributed by atoms with Gasteiger partial charge in [0.25, 0.3) is 11.5 Å². The highest BCUT2D eigenvalue weighted by atomic mass is 16.2. The molecule has 1 fully saturated rings. The Balaban J connectivity index is 2.15. The Kier molecular flexibility index (Phi) is 2.97. The minimum atomic E-state index is -0.129. The van der Waals surface area contributed by atoms with E-state index in [4.69, 9.17) is 0 Å². The SMILES string of the molecule is C=CCn1cc(C(=O)N(C)C2CC2)c2cc[nH]c2c1=O. The smallest absolute Gasteiger partial charge is 0.275 e. The number of amides is 1. The molecule has 0 atom stereocenters. The van der Waals surface area contributed by atoms with Crippen molar-refractivity contribution in [1.82, 2.24) is 14.5 Å². The Morgan fingerprint density at radius 3 is 3.00 bits per heavy atom. The van der Waals surface area contributed by atoms with Gasteiger partial charge in [-0.3, -0.25) is 9.59 Å². The molecule has 104 valence electrons. The van der Waals surface area contributed by atoms with E-state index in [0.717, 1.165) is 12.8 Å². The van der Waals surface area contributed by atoms with E-state index in [9.17, 15) is 9.59 Å². The molecule has 0 unspecified atom stereocenters. The van der Waals surface area contributed by atoms with Crippen LogP contribution in [0, 0.1) is 0 Å². The third-order valence-electron chi connectivity index (χ3n) is 3.77. The maximum absolute atomic E-state index is 12.6. The van der Waals surface area contributed by atoms with E-state index in [-0.39, 0.29) is 11.5 Å². The molecule has 1 saturated carbocycles. The van der Waals surface area contributed by atoms with E-state index >= 15 is 0 Å². The van der Waals surface area contributed by atoms with Crippen LogP contribution in [0.2, 0.25) is 0 Å². The minimum absolute atomic E-state index is 0.0325. The van der Waals surface area contributed by atoms with Crippen molar-refractivity contribution in [2.24, 2.45) is 0 Å². The number of allylic oxidation sites excluding steroid dienone is 1. The largest absolute Gasteiger partial charge is 0.357 e. The van der Waals surface area contributed by atoms with Gasteiger partial charge in [-0.2, -0.15) is 0 Å². The van der Waals surface area contributed by atoms with Crippen LogP contribution in [0.25, 0.3) is 10.9 Å². The predicted octanol–water partition coefficient (Wildman–Crippen LogP) is 1.75. The first-order chi connectivity index (χ1) is 9.63. The van der Waals surface area contributed by atoms with Crippen LogP contribution in [-0.2, 0) is 6.54 Å². The Bertz CT molecular complexity index is 737. The molecule has 20 heavy (non-hydrogen) atoms. The average Bonchev–Trinajstić information content (AvgIpc) is 3.18. The van der Waals surface area contributed by atoms with E-state index in [1.807, 2.05) is 7.05 Å². The highest BCUT2D eigenvalue weighted by molar-refractivity contribution is 6.06. The summed E-state index contributed by atoms with van der Waals surface area (Å²) in [6.07, 6.45) is 7.10. The zero-order chi connectivity index (χ0) is 14.3. The standard InChI is InChI=1S/C15H17N3O2/c1-3-8-18-9-12(14(19)17(2)10-4-5-10)11-6-7-16-13(11)15(18)20/h3,6-7,9-10,16H,1,4-5,8H2,2H3. The molecule has 0 aliphatic heterocycles. The predicted molar refractivity (Wildman–Crippen MR) is 77.9 cm³/mol. The second-order valence-corrected chi connectivity index (χ2v) is 5.20. The fraction of sp³-hybridized carbons (Fsp3) is 0.333. The molecule has 2 aromatic rings. The first-order valence-corrected chi connectivity index (χ1v) is 6.72. The summed E-state index contributed by atoms with van der Waals surface area (Å²) in [5.41, 5.74) is 0.912. The maximum Gasteiger partial charge on any atom is 0.275 e. The van der Waals surface area contributed by atoms with Gasteiger partial charge in [0.2, 0.25) is 0 Å². The van der Waals surface area contributed by atoms with Gasteiger partial charge in [0.15, 0.2) is 0 Å². The molecule has 0 spiro atoms. The van der Waals surface area contributed by atoms with Crippen molar-refractivity contribution < 1.29 is 4.79 Å². The quantitative estimate of drug-likeness (QED) is 0.861. The number of nitrogens with zero attached hydrogens (tertiary/aromatic N) is 2. The van der Waals surface area contributed by atoms with Crippen LogP contribution in [0.4, 0.5) is 0 Å². The molecule has 0 saturated heterocycles. The van der Waals surface area contributed by atoms with Crippen molar-refractivity contribution >= 4 is 16.8 Å².